The lowest BCUT2D eigenvalue weighted by molar-refractivity contribution is 0.0697. The van der Waals surface area contributed by atoms with Crippen LogP contribution >= 0.6 is 15.9 Å². The van der Waals surface area contributed by atoms with Crippen LogP contribution in [0.2, 0.25) is 0 Å². The number of aromatic carboxylic acids is 1. The molecule has 0 aromatic heterocycles. The highest BCUT2D eigenvalue weighted by Gasteiger charge is 2.13. The fraction of sp³-hybridized carbons (Fsp3) is 0.0833. The summed E-state index contributed by atoms with van der Waals surface area (Å²) in [5, 5.41) is 18.5. The molecule has 0 aliphatic rings. The van der Waals surface area contributed by atoms with Crippen molar-refractivity contribution in [3.63, 3.8) is 0 Å². The third-order valence-electron chi connectivity index (χ3n) is 4.43. The molecule has 31 heavy (non-hydrogen) atoms. The Morgan fingerprint density at radius 2 is 1.90 bits per heavy atom. The minimum absolute atomic E-state index is 0.180. The van der Waals surface area contributed by atoms with E-state index in [4.69, 9.17) is 14.6 Å². The van der Waals surface area contributed by atoms with Gasteiger partial charge in [0.2, 0.25) is 0 Å². The first kappa shape index (κ1) is 22.1. The van der Waals surface area contributed by atoms with Gasteiger partial charge in [-0.15, -0.1) is 0 Å². The monoisotopic (exact) mass is 481 g/mol. The quantitative estimate of drug-likeness (QED) is 0.333. The minimum atomic E-state index is -0.993. The number of nitrogens with zero attached hydrogens (tertiary/aromatic N) is 1. The zero-order valence-electron chi connectivity index (χ0n) is 16.4. The number of carbonyl (C=O) groups is 1. The first-order valence-electron chi connectivity index (χ1n) is 9.12. The Labute approximate surface area is 187 Å². The van der Waals surface area contributed by atoms with Gasteiger partial charge in [-0.1, -0.05) is 30.3 Å². The Morgan fingerprint density at radius 3 is 2.52 bits per heavy atom. The van der Waals surface area contributed by atoms with Crippen LogP contribution in [0.1, 0.15) is 27.0 Å². The molecule has 0 unspecified atom stereocenters. The van der Waals surface area contributed by atoms with E-state index in [2.05, 4.69) is 15.9 Å². The van der Waals surface area contributed by atoms with Gasteiger partial charge in [0.15, 0.2) is 11.5 Å². The highest BCUT2D eigenvalue weighted by atomic mass is 79.9. The van der Waals surface area contributed by atoms with E-state index in [0.29, 0.717) is 21.5 Å². The van der Waals surface area contributed by atoms with E-state index in [1.54, 1.807) is 48.5 Å². The Morgan fingerprint density at radius 1 is 1.19 bits per heavy atom. The van der Waals surface area contributed by atoms with Crippen molar-refractivity contribution < 1.29 is 23.8 Å². The number of nitriles is 1. The number of hydrogen-bond donors (Lipinski definition) is 1. The summed E-state index contributed by atoms with van der Waals surface area (Å²) in [5.74, 6) is -0.595. The normalized spacial score (nSPS) is 11.0. The van der Waals surface area contributed by atoms with E-state index in [-0.39, 0.29) is 23.3 Å². The van der Waals surface area contributed by atoms with Crippen LogP contribution in [0.3, 0.4) is 0 Å². The highest BCUT2D eigenvalue weighted by Crippen LogP contribution is 2.38. The van der Waals surface area contributed by atoms with Gasteiger partial charge in [-0.3, -0.25) is 0 Å². The van der Waals surface area contributed by atoms with Crippen molar-refractivity contribution in [2.45, 2.75) is 6.61 Å². The predicted octanol–water partition coefficient (Wildman–Crippen LogP) is 5.94. The molecule has 156 valence electrons. The topological polar surface area (TPSA) is 79.5 Å². The second kappa shape index (κ2) is 9.92. The van der Waals surface area contributed by atoms with Crippen LogP contribution in [0.25, 0.3) is 11.6 Å². The number of rotatable bonds is 7. The van der Waals surface area contributed by atoms with Gasteiger partial charge in [0, 0.05) is 5.56 Å². The number of halogens is 2. The standard InChI is InChI=1S/C24H17BrFNO4/c1-30-22-12-16(10-18(13-27)19-4-2-3-5-21(19)26)11-20(25)23(22)31-14-15-6-8-17(9-7-15)24(28)29/h2-12H,14H2,1H3,(H,28,29). The van der Waals surface area contributed by atoms with Gasteiger partial charge >= 0.3 is 5.97 Å². The van der Waals surface area contributed by atoms with Gasteiger partial charge in [0.1, 0.15) is 12.4 Å². The van der Waals surface area contributed by atoms with Crippen molar-refractivity contribution in [2.75, 3.05) is 7.11 Å². The molecule has 0 heterocycles. The van der Waals surface area contributed by atoms with Crippen LogP contribution in [0.4, 0.5) is 4.39 Å². The van der Waals surface area contributed by atoms with Crippen LogP contribution in [0.5, 0.6) is 11.5 Å². The summed E-state index contributed by atoms with van der Waals surface area (Å²) in [6, 6.07) is 17.9. The van der Waals surface area contributed by atoms with Gasteiger partial charge in [-0.05, 0) is 63.5 Å². The third kappa shape index (κ3) is 5.30. The maximum Gasteiger partial charge on any atom is 0.335 e. The van der Waals surface area contributed by atoms with Crippen molar-refractivity contribution in [1.82, 2.24) is 0 Å². The summed E-state index contributed by atoms with van der Waals surface area (Å²) in [7, 11) is 1.49. The van der Waals surface area contributed by atoms with Crippen molar-refractivity contribution in [1.29, 1.82) is 5.26 Å². The molecule has 0 fully saturated rings. The molecule has 7 heteroatoms. The van der Waals surface area contributed by atoms with Crippen molar-refractivity contribution >= 4 is 33.5 Å². The summed E-state index contributed by atoms with van der Waals surface area (Å²) in [6.07, 6.45) is 1.57. The van der Waals surface area contributed by atoms with Gasteiger partial charge < -0.3 is 14.6 Å². The lowest BCUT2D eigenvalue weighted by Crippen LogP contribution is -2.01. The van der Waals surface area contributed by atoms with Gasteiger partial charge in [0.25, 0.3) is 0 Å². The molecule has 0 bridgehead atoms. The van der Waals surface area contributed by atoms with Crippen LogP contribution in [0, 0.1) is 17.1 Å². The number of carboxylic acids is 1. The maximum atomic E-state index is 14.1. The van der Waals surface area contributed by atoms with Crippen LogP contribution in [0.15, 0.2) is 65.1 Å². The fourth-order valence-corrected chi connectivity index (χ4v) is 3.45. The molecular weight excluding hydrogens is 465 g/mol. The lowest BCUT2D eigenvalue weighted by atomic mass is 10.0. The number of ether oxygens (including phenoxy) is 2. The summed E-state index contributed by atoms with van der Waals surface area (Å²) < 4.78 is 26.0. The Bertz CT molecular complexity index is 1180. The molecule has 3 aromatic rings. The summed E-state index contributed by atoms with van der Waals surface area (Å²) in [5.41, 5.74) is 2.00. The molecule has 0 spiro atoms. The first-order valence-corrected chi connectivity index (χ1v) is 9.91. The van der Waals surface area contributed by atoms with E-state index in [1.807, 2.05) is 6.07 Å². The number of allylic oxidation sites excluding steroid dienone is 1. The third-order valence-corrected chi connectivity index (χ3v) is 5.02. The zero-order valence-corrected chi connectivity index (χ0v) is 18.0. The smallest absolute Gasteiger partial charge is 0.335 e. The van der Waals surface area contributed by atoms with E-state index in [1.165, 1.54) is 25.3 Å². The number of methoxy groups -OCH3 is 1. The van der Waals surface area contributed by atoms with Crippen LogP contribution in [-0.4, -0.2) is 18.2 Å². The molecule has 3 aromatic carbocycles. The maximum absolute atomic E-state index is 14.1. The Hall–Kier alpha value is -3.63. The predicted molar refractivity (Wildman–Crippen MR) is 118 cm³/mol. The molecule has 0 aliphatic carbocycles. The molecule has 5 nitrogen and oxygen atoms in total. The molecule has 0 saturated carbocycles. The summed E-state index contributed by atoms with van der Waals surface area (Å²) >= 11 is 3.46. The summed E-state index contributed by atoms with van der Waals surface area (Å²) in [4.78, 5) is 11.0. The number of hydrogen-bond acceptors (Lipinski definition) is 4. The van der Waals surface area contributed by atoms with E-state index in [0.717, 1.165) is 5.56 Å². The molecule has 0 amide bonds. The van der Waals surface area contributed by atoms with Crippen molar-refractivity contribution in [3.8, 4) is 17.6 Å². The largest absolute Gasteiger partial charge is 0.493 e. The van der Waals surface area contributed by atoms with Crippen LogP contribution < -0.4 is 9.47 Å². The van der Waals surface area contributed by atoms with Crippen LogP contribution in [-0.2, 0) is 6.61 Å². The fourth-order valence-electron chi connectivity index (χ4n) is 2.88. The van der Waals surface area contributed by atoms with E-state index < -0.39 is 11.8 Å². The first-order chi connectivity index (χ1) is 14.9. The molecule has 1 N–H and O–H groups in total. The molecular formula is C24H17BrFNO4. The second-order valence-corrected chi connectivity index (χ2v) is 7.33. The zero-order chi connectivity index (χ0) is 22.4. The Balaban J connectivity index is 1.87. The van der Waals surface area contributed by atoms with Crippen molar-refractivity contribution in [3.05, 3.63) is 93.2 Å². The summed E-state index contributed by atoms with van der Waals surface area (Å²) in [6.45, 7) is 0.197. The molecule has 0 atom stereocenters. The minimum Gasteiger partial charge on any atom is -0.493 e. The highest BCUT2D eigenvalue weighted by molar-refractivity contribution is 9.10. The number of carboxylic acid groups (broad SMARTS) is 1. The SMILES string of the molecule is COc1cc(C=C(C#N)c2ccccc2F)cc(Br)c1OCc1ccc(C(=O)O)cc1. The second-order valence-electron chi connectivity index (χ2n) is 6.47. The van der Waals surface area contributed by atoms with E-state index >= 15 is 0 Å². The van der Waals surface area contributed by atoms with Gasteiger partial charge in [-0.25, -0.2) is 9.18 Å². The average molecular weight is 482 g/mol. The molecule has 0 aliphatic heterocycles. The number of benzene rings is 3. The Kier molecular flexibility index (Phi) is 7.06. The van der Waals surface area contributed by atoms with Crippen molar-refractivity contribution in [2.24, 2.45) is 0 Å². The molecule has 3 rings (SSSR count). The average Bonchev–Trinajstić information content (AvgIpc) is 2.77. The lowest BCUT2D eigenvalue weighted by Gasteiger charge is -2.14. The van der Waals surface area contributed by atoms with E-state index in [9.17, 15) is 14.4 Å². The van der Waals surface area contributed by atoms with Gasteiger partial charge in [0.05, 0.1) is 28.8 Å². The molecule has 0 radical (unpaired) electrons. The molecule has 0 saturated heterocycles. The van der Waals surface area contributed by atoms with Gasteiger partial charge in [-0.2, -0.15) is 5.26 Å².